The molecular formula is C23H33N5O2. The lowest BCUT2D eigenvalue weighted by atomic mass is 10.0. The van der Waals surface area contributed by atoms with Gasteiger partial charge in [0, 0.05) is 60.5 Å². The summed E-state index contributed by atoms with van der Waals surface area (Å²) in [5, 5.41) is 5.95. The Morgan fingerprint density at radius 3 is 2.57 bits per heavy atom. The van der Waals surface area contributed by atoms with Crippen molar-refractivity contribution in [3.8, 4) is 0 Å². The zero-order valence-electron chi connectivity index (χ0n) is 18.3. The lowest BCUT2D eigenvalue weighted by Crippen LogP contribution is -2.52. The summed E-state index contributed by atoms with van der Waals surface area (Å²) in [5.74, 6) is 0.780. The van der Waals surface area contributed by atoms with Gasteiger partial charge in [-0.15, -0.1) is 0 Å². The van der Waals surface area contributed by atoms with Crippen LogP contribution in [0.2, 0.25) is 0 Å². The second-order valence-corrected chi connectivity index (χ2v) is 7.75. The average molecular weight is 412 g/mol. The van der Waals surface area contributed by atoms with Gasteiger partial charge in [-0.2, -0.15) is 0 Å². The first-order valence-electron chi connectivity index (χ1n) is 10.5. The van der Waals surface area contributed by atoms with E-state index in [0.29, 0.717) is 13.2 Å². The van der Waals surface area contributed by atoms with E-state index in [1.807, 2.05) is 0 Å². The molecule has 0 aliphatic carbocycles. The van der Waals surface area contributed by atoms with Crippen molar-refractivity contribution in [1.29, 1.82) is 0 Å². The third kappa shape index (κ3) is 5.93. The monoisotopic (exact) mass is 411 g/mol. The number of fused-ring (bicyclic) bond motifs is 1. The van der Waals surface area contributed by atoms with E-state index in [-0.39, 0.29) is 12.5 Å². The molecule has 162 valence electrons. The highest BCUT2D eigenvalue weighted by molar-refractivity contribution is 5.86. The van der Waals surface area contributed by atoms with Crippen molar-refractivity contribution < 1.29 is 9.53 Å². The molecule has 1 fully saturated rings. The zero-order valence-corrected chi connectivity index (χ0v) is 18.3. The second-order valence-electron chi connectivity index (χ2n) is 7.75. The first-order chi connectivity index (χ1) is 14.6. The Morgan fingerprint density at radius 1 is 1.10 bits per heavy atom. The Labute approximate surface area is 179 Å². The molecule has 0 radical (unpaired) electrons. The number of hydrogen-bond acceptors (Lipinski definition) is 4. The minimum atomic E-state index is -0.00404. The molecular weight excluding hydrogens is 378 g/mol. The quantitative estimate of drug-likeness (QED) is 0.426. The highest BCUT2D eigenvalue weighted by Crippen LogP contribution is 2.20. The van der Waals surface area contributed by atoms with Crippen molar-refractivity contribution in [2.75, 3.05) is 67.1 Å². The maximum atomic E-state index is 12.0. The molecule has 1 N–H and O–H groups in total. The van der Waals surface area contributed by atoms with Crippen LogP contribution in [0.15, 0.2) is 47.5 Å². The van der Waals surface area contributed by atoms with Crippen LogP contribution in [-0.2, 0) is 16.1 Å². The normalized spacial score (nSPS) is 15.4. The summed E-state index contributed by atoms with van der Waals surface area (Å²) in [7, 11) is 5.18. The van der Waals surface area contributed by atoms with Crippen molar-refractivity contribution >= 4 is 22.6 Å². The van der Waals surface area contributed by atoms with Crippen LogP contribution in [0.4, 0.5) is 0 Å². The molecule has 7 nitrogen and oxygen atoms in total. The van der Waals surface area contributed by atoms with Crippen molar-refractivity contribution in [2.45, 2.75) is 6.54 Å². The number of hydrogen-bond donors (Lipinski definition) is 1. The molecule has 0 aromatic heterocycles. The van der Waals surface area contributed by atoms with E-state index < -0.39 is 0 Å². The lowest BCUT2D eigenvalue weighted by molar-refractivity contribution is -0.127. The zero-order chi connectivity index (χ0) is 21.3. The minimum absolute atomic E-state index is 0.00404. The van der Waals surface area contributed by atoms with Crippen LogP contribution in [-0.4, -0.2) is 93.6 Å². The molecule has 0 unspecified atom stereocenters. The van der Waals surface area contributed by atoms with Gasteiger partial charge < -0.3 is 19.9 Å². The van der Waals surface area contributed by atoms with Crippen LogP contribution in [0.1, 0.15) is 5.56 Å². The number of guanidine groups is 1. The predicted octanol–water partition coefficient (Wildman–Crippen LogP) is 1.64. The SMILES string of the molecule is COCCNC(=NCC(=O)N(C)C)N1CCN(Cc2cccc3ccccc23)CC1. The van der Waals surface area contributed by atoms with Gasteiger partial charge in [0.25, 0.3) is 0 Å². The number of benzene rings is 2. The van der Waals surface area contributed by atoms with Crippen molar-refractivity contribution in [1.82, 2.24) is 20.0 Å². The van der Waals surface area contributed by atoms with Crippen LogP contribution >= 0.6 is 0 Å². The van der Waals surface area contributed by atoms with Gasteiger partial charge in [-0.05, 0) is 16.3 Å². The number of carbonyl (C=O) groups is 1. The fraction of sp³-hybridized carbons (Fsp3) is 0.478. The van der Waals surface area contributed by atoms with Crippen molar-refractivity contribution in [3.05, 3.63) is 48.0 Å². The summed E-state index contributed by atoms with van der Waals surface area (Å²) in [6.07, 6.45) is 0. The van der Waals surface area contributed by atoms with E-state index in [1.165, 1.54) is 16.3 Å². The molecule has 0 spiro atoms. The number of rotatable bonds is 7. The first-order valence-corrected chi connectivity index (χ1v) is 10.5. The smallest absolute Gasteiger partial charge is 0.243 e. The Hall–Kier alpha value is -2.64. The average Bonchev–Trinajstić information content (AvgIpc) is 2.77. The predicted molar refractivity (Wildman–Crippen MR) is 122 cm³/mol. The number of ether oxygens (including phenoxy) is 1. The van der Waals surface area contributed by atoms with E-state index >= 15 is 0 Å². The fourth-order valence-electron chi connectivity index (χ4n) is 3.61. The number of nitrogens with zero attached hydrogens (tertiary/aromatic N) is 4. The summed E-state index contributed by atoms with van der Waals surface area (Å²) in [6, 6.07) is 15.1. The molecule has 2 aromatic rings. The Bertz CT molecular complexity index is 854. The Balaban J connectivity index is 1.61. The van der Waals surface area contributed by atoms with Crippen LogP contribution in [0.5, 0.6) is 0 Å². The van der Waals surface area contributed by atoms with Gasteiger partial charge in [0.2, 0.25) is 5.91 Å². The Kier molecular flexibility index (Phi) is 8.04. The van der Waals surface area contributed by atoms with Crippen LogP contribution < -0.4 is 5.32 Å². The van der Waals surface area contributed by atoms with E-state index in [4.69, 9.17) is 4.74 Å². The third-order valence-corrected chi connectivity index (χ3v) is 5.40. The molecule has 1 amide bonds. The number of methoxy groups -OCH3 is 1. The third-order valence-electron chi connectivity index (χ3n) is 5.40. The van der Waals surface area contributed by atoms with Crippen LogP contribution in [0.25, 0.3) is 10.8 Å². The van der Waals surface area contributed by atoms with Crippen LogP contribution in [0, 0.1) is 0 Å². The highest BCUT2D eigenvalue weighted by Gasteiger charge is 2.20. The highest BCUT2D eigenvalue weighted by atomic mass is 16.5. The lowest BCUT2D eigenvalue weighted by Gasteiger charge is -2.36. The molecule has 2 aromatic carbocycles. The second kappa shape index (κ2) is 10.9. The maximum Gasteiger partial charge on any atom is 0.243 e. The van der Waals surface area contributed by atoms with Gasteiger partial charge in [0.15, 0.2) is 5.96 Å². The molecule has 30 heavy (non-hydrogen) atoms. The van der Waals surface area contributed by atoms with E-state index in [9.17, 15) is 4.79 Å². The largest absolute Gasteiger partial charge is 0.383 e. The number of amides is 1. The molecule has 1 aliphatic rings. The molecule has 1 aliphatic heterocycles. The van der Waals surface area contributed by atoms with Gasteiger partial charge in [-0.25, -0.2) is 4.99 Å². The maximum absolute atomic E-state index is 12.0. The van der Waals surface area contributed by atoms with Crippen LogP contribution in [0.3, 0.4) is 0 Å². The molecule has 7 heteroatoms. The Morgan fingerprint density at radius 2 is 1.83 bits per heavy atom. The van der Waals surface area contributed by atoms with Gasteiger partial charge in [0.05, 0.1) is 6.61 Å². The fourth-order valence-corrected chi connectivity index (χ4v) is 3.61. The van der Waals surface area contributed by atoms with E-state index in [0.717, 1.165) is 38.7 Å². The number of likely N-dealkylation sites (N-methyl/N-ethyl adjacent to an activating group) is 1. The number of carbonyl (C=O) groups excluding carboxylic acids is 1. The summed E-state index contributed by atoms with van der Waals surface area (Å²) in [5.41, 5.74) is 1.37. The molecule has 0 atom stereocenters. The van der Waals surface area contributed by atoms with Gasteiger partial charge in [-0.3, -0.25) is 9.69 Å². The summed E-state index contributed by atoms with van der Waals surface area (Å²) >= 11 is 0. The molecule has 1 saturated heterocycles. The summed E-state index contributed by atoms with van der Waals surface area (Å²) < 4.78 is 5.14. The summed E-state index contributed by atoms with van der Waals surface area (Å²) in [4.78, 5) is 22.8. The van der Waals surface area contributed by atoms with E-state index in [1.54, 1.807) is 26.1 Å². The van der Waals surface area contributed by atoms with Gasteiger partial charge >= 0.3 is 0 Å². The van der Waals surface area contributed by atoms with Crippen molar-refractivity contribution in [3.63, 3.8) is 0 Å². The van der Waals surface area contributed by atoms with Gasteiger partial charge in [0.1, 0.15) is 6.54 Å². The molecule has 1 heterocycles. The number of aliphatic imine (C=N–C) groups is 1. The molecule has 0 saturated carbocycles. The molecule has 0 bridgehead atoms. The van der Waals surface area contributed by atoms with E-state index in [2.05, 4.69) is 62.6 Å². The van der Waals surface area contributed by atoms with Crippen molar-refractivity contribution in [2.24, 2.45) is 4.99 Å². The number of piperazine rings is 1. The van der Waals surface area contributed by atoms with Gasteiger partial charge in [-0.1, -0.05) is 42.5 Å². The molecule has 3 rings (SSSR count). The topological polar surface area (TPSA) is 60.4 Å². The minimum Gasteiger partial charge on any atom is -0.383 e. The summed E-state index contributed by atoms with van der Waals surface area (Å²) in [6.45, 7) is 6.02. The standard InChI is InChI=1S/C23H33N5O2/c1-26(2)22(29)17-25-23(24-11-16-30-3)28-14-12-27(13-15-28)18-20-9-6-8-19-7-4-5-10-21(19)20/h4-10H,11-18H2,1-3H3,(H,24,25). The first kappa shape index (κ1) is 22.1. The number of nitrogens with one attached hydrogen (secondary N) is 1.